The van der Waals surface area contributed by atoms with E-state index in [4.69, 9.17) is 0 Å². The fourth-order valence-corrected chi connectivity index (χ4v) is 4.52. The van der Waals surface area contributed by atoms with Gasteiger partial charge in [-0.05, 0) is 20.9 Å². The first kappa shape index (κ1) is 16.2. The zero-order valence-electron chi connectivity index (χ0n) is 12.9. The third-order valence-corrected chi connectivity index (χ3v) is 6.38. The van der Waals surface area contributed by atoms with E-state index in [0.29, 0.717) is 19.6 Å². The van der Waals surface area contributed by atoms with Crippen LogP contribution in [0.25, 0.3) is 0 Å². The number of hydrogen-bond acceptors (Lipinski definition) is 5. The van der Waals surface area contributed by atoms with Crippen LogP contribution in [0.5, 0.6) is 0 Å². The molecule has 2 heterocycles. The van der Waals surface area contributed by atoms with Crippen molar-refractivity contribution in [3.05, 3.63) is 0 Å². The van der Waals surface area contributed by atoms with Crippen LogP contribution in [0.1, 0.15) is 13.8 Å². The summed E-state index contributed by atoms with van der Waals surface area (Å²) in [4.78, 5) is 4.49. The van der Waals surface area contributed by atoms with Gasteiger partial charge >= 0.3 is 0 Å². The van der Waals surface area contributed by atoms with Crippen molar-refractivity contribution in [1.29, 1.82) is 0 Å². The van der Waals surface area contributed by atoms with Crippen LogP contribution in [0.15, 0.2) is 0 Å². The van der Waals surface area contributed by atoms with E-state index in [0.717, 1.165) is 26.2 Å². The minimum atomic E-state index is -3.13. The van der Waals surface area contributed by atoms with Crippen molar-refractivity contribution in [2.45, 2.75) is 25.9 Å². The molecule has 0 saturated carbocycles. The van der Waals surface area contributed by atoms with Crippen molar-refractivity contribution in [2.75, 3.05) is 58.6 Å². The first-order valence-corrected chi connectivity index (χ1v) is 9.14. The minimum Gasteiger partial charge on any atom is -0.314 e. The van der Waals surface area contributed by atoms with Gasteiger partial charge in [-0.3, -0.25) is 9.80 Å². The van der Waals surface area contributed by atoms with Crippen molar-refractivity contribution in [3.63, 3.8) is 0 Å². The third-order valence-electron chi connectivity index (χ3n) is 4.59. The smallest absolute Gasteiger partial charge is 0.215 e. The normalized spacial score (nSPS) is 31.6. The molecule has 20 heavy (non-hydrogen) atoms. The molecule has 2 fully saturated rings. The first-order valence-electron chi connectivity index (χ1n) is 7.53. The van der Waals surface area contributed by atoms with E-state index in [2.05, 4.69) is 36.0 Å². The average molecular weight is 304 g/mol. The fourth-order valence-electron chi connectivity index (χ4n) is 2.89. The van der Waals surface area contributed by atoms with Crippen LogP contribution >= 0.6 is 0 Å². The number of sulfonamides is 1. The quantitative estimate of drug-likeness (QED) is 0.740. The van der Waals surface area contributed by atoms with Crippen LogP contribution in [-0.4, -0.2) is 93.2 Å². The number of nitrogens with zero attached hydrogens (tertiary/aromatic N) is 3. The van der Waals surface area contributed by atoms with E-state index >= 15 is 0 Å². The molecular formula is C13H28N4O2S. The van der Waals surface area contributed by atoms with E-state index < -0.39 is 10.0 Å². The summed E-state index contributed by atoms with van der Waals surface area (Å²) in [5.41, 5.74) is 0. The highest BCUT2D eigenvalue weighted by molar-refractivity contribution is 7.89. The molecule has 2 rings (SSSR count). The molecule has 0 aliphatic carbocycles. The highest BCUT2D eigenvalue weighted by atomic mass is 32.2. The van der Waals surface area contributed by atoms with Gasteiger partial charge in [0.1, 0.15) is 0 Å². The molecule has 2 unspecified atom stereocenters. The summed E-state index contributed by atoms with van der Waals surface area (Å²) in [6, 6.07) is 0.570. The van der Waals surface area contributed by atoms with Gasteiger partial charge in [-0.25, -0.2) is 8.42 Å². The van der Waals surface area contributed by atoms with Gasteiger partial charge in [0.05, 0.1) is 5.75 Å². The molecule has 0 spiro atoms. The molecule has 1 N–H and O–H groups in total. The van der Waals surface area contributed by atoms with Gasteiger partial charge < -0.3 is 5.32 Å². The van der Waals surface area contributed by atoms with Crippen LogP contribution in [0.4, 0.5) is 0 Å². The second-order valence-corrected chi connectivity index (χ2v) is 8.18. The summed E-state index contributed by atoms with van der Waals surface area (Å²) in [5.74, 6) is 0.246. The van der Waals surface area contributed by atoms with Crippen molar-refractivity contribution < 1.29 is 8.42 Å². The Hall–Kier alpha value is -0.210. The first-order chi connectivity index (χ1) is 9.40. The van der Waals surface area contributed by atoms with Gasteiger partial charge in [-0.1, -0.05) is 0 Å². The standard InChI is InChI=1S/C13H28N4O2S/c1-12-10-17(11-13(2)15(12)3)20(18,19)9-8-16-6-4-14-5-7-16/h12-14H,4-11H2,1-3H3. The van der Waals surface area contributed by atoms with Crippen LogP contribution in [-0.2, 0) is 10.0 Å². The summed E-state index contributed by atoms with van der Waals surface area (Å²) >= 11 is 0. The maximum atomic E-state index is 12.5. The topological polar surface area (TPSA) is 55.9 Å². The summed E-state index contributed by atoms with van der Waals surface area (Å²) in [5, 5.41) is 3.28. The Morgan fingerprint density at radius 2 is 1.65 bits per heavy atom. The van der Waals surface area contributed by atoms with E-state index in [9.17, 15) is 8.42 Å². The van der Waals surface area contributed by atoms with E-state index in [-0.39, 0.29) is 17.8 Å². The van der Waals surface area contributed by atoms with Crippen LogP contribution in [0, 0.1) is 0 Å². The highest BCUT2D eigenvalue weighted by Gasteiger charge is 2.33. The van der Waals surface area contributed by atoms with Crippen molar-refractivity contribution in [3.8, 4) is 0 Å². The summed E-state index contributed by atoms with van der Waals surface area (Å²) in [6.07, 6.45) is 0. The van der Waals surface area contributed by atoms with E-state index in [1.807, 2.05) is 0 Å². The van der Waals surface area contributed by atoms with Gasteiger partial charge in [0.25, 0.3) is 0 Å². The van der Waals surface area contributed by atoms with Gasteiger partial charge in [-0.2, -0.15) is 4.31 Å². The Balaban J connectivity index is 1.89. The molecule has 2 saturated heterocycles. The molecule has 2 aliphatic heterocycles. The number of rotatable bonds is 4. The Morgan fingerprint density at radius 1 is 1.10 bits per heavy atom. The Morgan fingerprint density at radius 3 is 2.20 bits per heavy atom. The molecule has 2 aliphatic rings. The fraction of sp³-hybridized carbons (Fsp3) is 1.00. The minimum absolute atomic E-state index is 0.246. The zero-order valence-corrected chi connectivity index (χ0v) is 13.7. The Labute approximate surface area is 123 Å². The van der Waals surface area contributed by atoms with E-state index in [1.54, 1.807) is 4.31 Å². The summed E-state index contributed by atoms with van der Waals surface area (Å²) in [7, 11) is -1.06. The molecule has 0 bridgehead atoms. The highest BCUT2D eigenvalue weighted by Crippen LogP contribution is 2.17. The maximum Gasteiger partial charge on any atom is 0.215 e. The summed E-state index contributed by atoms with van der Waals surface area (Å²) < 4.78 is 26.7. The zero-order chi connectivity index (χ0) is 14.8. The molecule has 7 heteroatoms. The second kappa shape index (κ2) is 6.70. The molecule has 0 aromatic rings. The van der Waals surface area contributed by atoms with Crippen molar-refractivity contribution >= 4 is 10.0 Å². The molecular weight excluding hydrogens is 276 g/mol. The number of hydrogen-bond donors (Lipinski definition) is 1. The van der Waals surface area contributed by atoms with Crippen LogP contribution in [0.3, 0.4) is 0 Å². The summed E-state index contributed by atoms with van der Waals surface area (Å²) in [6.45, 7) is 9.89. The largest absolute Gasteiger partial charge is 0.314 e. The predicted molar refractivity (Wildman–Crippen MR) is 81.4 cm³/mol. The lowest BCUT2D eigenvalue weighted by Crippen LogP contribution is -2.57. The number of piperazine rings is 2. The van der Waals surface area contributed by atoms with Gasteiger partial charge in [-0.15, -0.1) is 0 Å². The van der Waals surface area contributed by atoms with Gasteiger partial charge in [0.2, 0.25) is 10.0 Å². The Kier molecular flexibility index (Phi) is 5.42. The van der Waals surface area contributed by atoms with Crippen LogP contribution < -0.4 is 5.32 Å². The third kappa shape index (κ3) is 3.92. The van der Waals surface area contributed by atoms with Crippen LogP contribution in [0.2, 0.25) is 0 Å². The van der Waals surface area contributed by atoms with E-state index in [1.165, 1.54) is 0 Å². The second-order valence-electron chi connectivity index (χ2n) is 6.09. The molecule has 2 atom stereocenters. The van der Waals surface area contributed by atoms with Gasteiger partial charge in [0.15, 0.2) is 0 Å². The lowest BCUT2D eigenvalue weighted by Gasteiger charge is -2.41. The van der Waals surface area contributed by atoms with Crippen molar-refractivity contribution in [2.24, 2.45) is 0 Å². The van der Waals surface area contributed by atoms with Crippen molar-refractivity contribution in [1.82, 2.24) is 19.4 Å². The maximum absolute atomic E-state index is 12.5. The molecule has 0 radical (unpaired) electrons. The monoisotopic (exact) mass is 304 g/mol. The Bertz CT molecular complexity index is 397. The lowest BCUT2D eigenvalue weighted by atomic mass is 10.1. The molecule has 118 valence electrons. The predicted octanol–water partition coefficient (Wildman–Crippen LogP) is -0.754. The van der Waals surface area contributed by atoms with Gasteiger partial charge in [0, 0.05) is 57.9 Å². The number of likely N-dealkylation sites (N-methyl/N-ethyl adjacent to an activating group) is 1. The lowest BCUT2D eigenvalue weighted by molar-refractivity contribution is 0.105. The molecule has 0 amide bonds. The average Bonchev–Trinajstić information content (AvgIpc) is 2.43. The molecule has 0 aromatic heterocycles. The SMILES string of the molecule is CC1CN(S(=O)(=O)CCN2CCNCC2)CC(C)N1C. The molecule has 6 nitrogen and oxygen atoms in total. The molecule has 0 aromatic carbocycles. The number of nitrogens with one attached hydrogen (secondary N) is 1.